The molecule has 0 saturated heterocycles. The Morgan fingerprint density at radius 1 is 1.26 bits per heavy atom. The van der Waals surface area contributed by atoms with Gasteiger partial charge in [-0.2, -0.15) is 11.8 Å². The van der Waals surface area contributed by atoms with E-state index in [9.17, 15) is 9.59 Å². The van der Waals surface area contributed by atoms with Crippen LogP contribution in [0.2, 0.25) is 0 Å². The summed E-state index contributed by atoms with van der Waals surface area (Å²) in [6, 6.07) is 7.29. The van der Waals surface area contributed by atoms with E-state index in [1.54, 1.807) is 19.1 Å². The number of nitrogens with one attached hydrogen (secondary N) is 1. The molecule has 4 nitrogen and oxygen atoms in total. The van der Waals surface area contributed by atoms with Gasteiger partial charge in [-0.3, -0.25) is 9.59 Å². The summed E-state index contributed by atoms with van der Waals surface area (Å²) in [6.45, 7) is 3.53. The van der Waals surface area contributed by atoms with Gasteiger partial charge in [0.25, 0.3) is 0 Å². The average Bonchev–Trinajstić information content (AvgIpc) is 2.39. The summed E-state index contributed by atoms with van der Waals surface area (Å²) in [5, 5.41) is 11.6. The van der Waals surface area contributed by atoms with Crippen LogP contribution in [0.3, 0.4) is 0 Å². The Hall–Kier alpha value is -1.49. The number of carboxylic acid groups (broad SMARTS) is 1. The van der Waals surface area contributed by atoms with E-state index in [0.29, 0.717) is 6.42 Å². The monoisotopic (exact) mass is 281 g/mol. The zero-order valence-electron chi connectivity index (χ0n) is 11.3. The van der Waals surface area contributed by atoms with Crippen molar-refractivity contribution in [2.45, 2.75) is 25.5 Å². The molecule has 1 aromatic rings. The Labute approximate surface area is 117 Å². The van der Waals surface area contributed by atoms with E-state index >= 15 is 0 Å². The molecule has 0 heterocycles. The first-order valence-electron chi connectivity index (χ1n) is 6.09. The number of aliphatic carboxylic acids is 1. The van der Waals surface area contributed by atoms with Crippen LogP contribution in [0, 0.1) is 5.92 Å². The highest BCUT2D eigenvalue weighted by atomic mass is 32.2. The SMILES string of the molecule is CSC(C)C(=O)Nc1ccc(CC(C)C(=O)O)cc1. The molecule has 0 radical (unpaired) electrons. The fourth-order valence-electron chi connectivity index (χ4n) is 1.52. The van der Waals surface area contributed by atoms with Gasteiger partial charge in [-0.05, 0) is 37.3 Å². The number of hydrogen-bond acceptors (Lipinski definition) is 3. The number of carbonyl (C=O) groups is 2. The zero-order valence-corrected chi connectivity index (χ0v) is 12.2. The lowest BCUT2D eigenvalue weighted by Gasteiger charge is -2.11. The van der Waals surface area contributed by atoms with Gasteiger partial charge in [0.1, 0.15) is 0 Å². The summed E-state index contributed by atoms with van der Waals surface area (Å²) >= 11 is 1.49. The van der Waals surface area contributed by atoms with Gasteiger partial charge in [-0.15, -0.1) is 0 Å². The van der Waals surface area contributed by atoms with Crippen molar-refractivity contribution in [3.63, 3.8) is 0 Å². The first kappa shape index (κ1) is 15.6. The van der Waals surface area contributed by atoms with Crippen LogP contribution in [-0.4, -0.2) is 28.5 Å². The Balaban J connectivity index is 2.61. The second kappa shape index (κ2) is 7.19. The molecule has 1 aromatic carbocycles. The van der Waals surface area contributed by atoms with E-state index in [2.05, 4.69) is 5.32 Å². The van der Waals surface area contributed by atoms with Crippen molar-refractivity contribution in [3.8, 4) is 0 Å². The topological polar surface area (TPSA) is 66.4 Å². The average molecular weight is 281 g/mol. The molecule has 0 aliphatic rings. The molecular weight excluding hydrogens is 262 g/mol. The van der Waals surface area contributed by atoms with Gasteiger partial charge in [0, 0.05) is 5.69 Å². The molecule has 0 bridgehead atoms. The predicted octanol–water partition coefficient (Wildman–Crippen LogP) is 2.64. The number of thioether (sulfide) groups is 1. The van der Waals surface area contributed by atoms with Crippen LogP contribution in [-0.2, 0) is 16.0 Å². The highest BCUT2D eigenvalue weighted by Crippen LogP contribution is 2.15. The first-order chi connectivity index (χ1) is 8.93. The Morgan fingerprint density at radius 2 is 1.84 bits per heavy atom. The number of hydrogen-bond donors (Lipinski definition) is 2. The standard InChI is InChI=1S/C14H19NO3S/c1-9(14(17)18)8-11-4-6-12(7-5-11)15-13(16)10(2)19-3/h4-7,9-10H,8H2,1-3H3,(H,15,16)(H,17,18). The van der Waals surface area contributed by atoms with Gasteiger partial charge < -0.3 is 10.4 Å². The fraction of sp³-hybridized carbons (Fsp3) is 0.429. The number of anilines is 1. The Bertz CT molecular complexity index is 445. The van der Waals surface area contributed by atoms with Crippen molar-refractivity contribution in [2.24, 2.45) is 5.92 Å². The smallest absolute Gasteiger partial charge is 0.306 e. The molecule has 2 unspecified atom stereocenters. The third kappa shape index (κ3) is 4.95. The number of rotatable bonds is 6. The third-order valence-corrected chi connectivity index (χ3v) is 3.83. The highest BCUT2D eigenvalue weighted by molar-refractivity contribution is 7.99. The first-order valence-corrected chi connectivity index (χ1v) is 7.38. The van der Waals surface area contributed by atoms with Crippen LogP contribution < -0.4 is 5.32 Å². The van der Waals surface area contributed by atoms with Crippen molar-refractivity contribution in [2.75, 3.05) is 11.6 Å². The lowest BCUT2D eigenvalue weighted by molar-refractivity contribution is -0.141. The summed E-state index contributed by atoms with van der Waals surface area (Å²) in [7, 11) is 0. The van der Waals surface area contributed by atoms with Crippen molar-refractivity contribution < 1.29 is 14.7 Å². The summed E-state index contributed by atoms with van der Waals surface area (Å²) in [6.07, 6.45) is 2.38. The molecule has 0 aliphatic heterocycles. The summed E-state index contributed by atoms with van der Waals surface area (Å²) in [5.41, 5.74) is 1.68. The maximum atomic E-state index is 11.7. The number of carboxylic acids is 1. The molecule has 0 aromatic heterocycles. The normalized spacial score (nSPS) is 13.6. The Morgan fingerprint density at radius 3 is 2.32 bits per heavy atom. The number of carbonyl (C=O) groups excluding carboxylic acids is 1. The van der Waals surface area contributed by atoms with Crippen molar-refractivity contribution in [1.29, 1.82) is 0 Å². The van der Waals surface area contributed by atoms with Crippen LogP contribution in [0.4, 0.5) is 5.69 Å². The maximum absolute atomic E-state index is 11.7. The quantitative estimate of drug-likeness (QED) is 0.841. The van der Waals surface area contributed by atoms with Crippen LogP contribution >= 0.6 is 11.8 Å². The van der Waals surface area contributed by atoms with E-state index in [1.807, 2.05) is 25.3 Å². The molecule has 2 atom stereocenters. The second-order valence-corrected chi connectivity index (χ2v) is 5.69. The van der Waals surface area contributed by atoms with Gasteiger partial charge in [-0.25, -0.2) is 0 Å². The van der Waals surface area contributed by atoms with Crippen LogP contribution in [0.5, 0.6) is 0 Å². The molecule has 104 valence electrons. The van der Waals surface area contributed by atoms with Crippen molar-refractivity contribution in [3.05, 3.63) is 29.8 Å². The number of amides is 1. The molecule has 2 N–H and O–H groups in total. The third-order valence-electron chi connectivity index (χ3n) is 2.91. The predicted molar refractivity (Wildman–Crippen MR) is 78.6 cm³/mol. The molecule has 1 rings (SSSR count). The van der Waals surface area contributed by atoms with E-state index < -0.39 is 11.9 Å². The van der Waals surface area contributed by atoms with Gasteiger partial charge in [-0.1, -0.05) is 19.1 Å². The van der Waals surface area contributed by atoms with E-state index in [0.717, 1.165) is 11.3 Å². The number of benzene rings is 1. The summed E-state index contributed by atoms with van der Waals surface area (Å²) in [5.74, 6) is -1.23. The molecule has 0 fully saturated rings. The summed E-state index contributed by atoms with van der Waals surface area (Å²) in [4.78, 5) is 22.5. The highest BCUT2D eigenvalue weighted by Gasteiger charge is 2.13. The van der Waals surface area contributed by atoms with Crippen LogP contribution in [0.25, 0.3) is 0 Å². The van der Waals surface area contributed by atoms with E-state index in [1.165, 1.54) is 11.8 Å². The van der Waals surface area contributed by atoms with Crippen molar-refractivity contribution in [1.82, 2.24) is 0 Å². The minimum absolute atomic E-state index is 0.0286. The lowest BCUT2D eigenvalue weighted by atomic mass is 10.0. The van der Waals surface area contributed by atoms with Gasteiger partial charge in [0.15, 0.2) is 0 Å². The molecule has 19 heavy (non-hydrogen) atoms. The largest absolute Gasteiger partial charge is 0.481 e. The van der Waals surface area contributed by atoms with Crippen molar-refractivity contribution >= 4 is 29.3 Å². The van der Waals surface area contributed by atoms with Gasteiger partial charge in [0.05, 0.1) is 11.2 Å². The summed E-state index contributed by atoms with van der Waals surface area (Å²) < 4.78 is 0. The van der Waals surface area contributed by atoms with Gasteiger partial charge >= 0.3 is 5.97 Å². The Kier molecular flexibility index (Phi) is 5.89. The fourth-order valence-corrected chi connectivity index (χ4v) is 1.79. The second-order valence-electron chi connectivity index (χ2n) is 4.51. The molecule has 0 spiro atoms. The molecule has 0 aliphatic carbocycles. The van der Waals surface area contributed by atoms with E-state index in [4.69, 9.17) is 5.11 Å². The molecule has 5 heteroatoms. The molecular formula is C14H19NO3S. The minimum atomic E-state index is -0.800. The van der Waals surface area contributed by atoms with E-state index in [-0.39, 0.29) is 11.2 Å². The minimum Gasteiger partial charge on any atom is -0.481 e. The van der Waals surface area contributed by atoms with Crippen LogP contribution in [0.1, 0.15) is 19.4 Å². The maximum Gasteiger partial charge on any atom is 0.306 e. The van der Waals surface area contributed by atoms with Gasteiger partial charge in [0.2, 0.25) is 5.91 Å². The van der Waals surface area contributed by atoms with Crippen LogP contribution in [0.15, 0.2) is 24.3 Å². The molecule has 1 amide bonds. The zero-order chi connectivity index (χ0) is 14.4. The lowest BCUT2D eigenvalue weighted by Crippen LogP contribution is -2.22. The molecule has 0 saturated carbocycles.